The van der Waals surface area contributed by atoms with E-state index in [0.29, 0.717) is 5.33 Å². The number of sulfonamides is 1. The Morgan fingerprint density at radius 2 is 1.94 bits per heavy atom. The summed E-state index contributed by atoms with van der Waals surface area (Å²) in [6.07, 6.45) is 0.288. The zero-order valence-corrected chi connectivity index (χ0v) is 12.4. The Morgan fingerprint density at radius 3 is 2.44 bits per heavy atom. The van der Waals surface area contributed by atoms with E-state index in [-0.39, 0.29) is 29.7 Å². The number of halogens is 1. The Morgan fingerprint density at radius 1 is 1.33 bits per heavy atom. The summed E-state index contributed by atoms with van der Waals surface area (Å²) in [7, 11) is -3.68. The van der Waals surface area contributed by atoms with Crippen molar-refractivity contribution >= 4 is 31.9 Å². The number of hydrogen-bond acceptors (Lipinski definition) is 3. The minimum Gasteiger partial charge on any atom is -0.274 e. The standard InChI is InChI=1S/C12H14BrNO3S/c1-9-2-4-11(5-3-9)18(16,17)14-8-10(7-13)6-12(14)15/h2-5,10H,6-8H2,1H3. The van der Waals surface area contributed by atoms with E-state index in [2.05, 4.69) is 15.9 Å². The van der Waals surface area contributed by atoms with Crippen LogP contribution in [0.1, 0.15) is 12.0 Å². The number of alkyl halides is 1. The van der Waals surface area contributed by atoms with Crippen LogP contribution in [0.4, 0.5) is 0 Å². The maximum atomic E-state index is 12.3. The molecule has 0 aliphatic carbocycles. The fourth-order valence-corrected chi connectivity index (χ4v) is 3.84. The van der Waals surface area contributed by atoms with E-state index in [1.165, 1.54) is 0 Å². The molecule has 2 rings (SSSR count). The van der Waals surface area contributed by atoms with E-state index in [0.717, 1.165) is 9.87 Å². The van der Waals surface area contributed by atoms with Crippen LogP contribution in [-0.4, -0.2) is 30.5 Å². The lowest BCUT2D eigenvalue weighted by Crippen LogP contribution is -2.32. The zero-order valence-electron chi connectivity index (χ0n) is 9.97. The van der Waals surface area contributed by atoms with Crippen molar-refractivity contribution in [1.82, 2.24) is 4.31 Å². The fraction of sp³-hybridized carbons (Fsp3) is 0.417. The second-order valence-corrected chi connectivity index (χ2v) is 6.98. The van der Waals surface area contributed by atoms with Crippen LogP contribution >= 0.6 is 15.9 Å². The van der Waals surface area contributed by atoms with Crippen molar-refractivity contribution in [2.24, 2.45) is 5.92 Å². The van der Waals surface area contributed by atoms with Gasteiger partial charge in [0.15, 0.2) is 0 Å². The maximum Gasteiger partial charge on any atom is 0.266 e. The smallest absolute Gasteiger partial charge is 0.266 e. The number of aryl methyl sites for hydroxylation is 1. The minimum absolute atomic E-state index is 0.0673. The molecule has 0 radical (unpaired) electrons. The first kappa shape index (κ1) is 13.5. The molecule has 1 fully saturated rings. The molecule has 1 heterocycles. The van der Waals surface area contributed by atoms with E-state index in [4.69, 9.17) is 0 Å². The van der Waals surface area contributed by atoms with Crippen LogP contribution in [0.5, 0.6) is 0 Å². The first-order valence-corrected chi connectivity index (χ1v) is 8.19. The molecule has 0 spiro atoms. The van der Waals surface area contributed by atoms with Gasteiger partial charge in [-0.15, -0.1) is 0 Å². The Balaban J connectivity index is 2.32. The average molecular weight is 332 g/mol. The predicted molar refractivity (Wildman–Crippen MR) is 72.0 cm³/mol. The normalized spacial score (nSPS) is 20.4. The molecule has 0 aromatic heterocycles. The number of nitrogens with zero attached hydrogens (tertiary/aromatic N) is 1. The second-order valence-electron chi connectivity index (χ2n) is 4.47. The first-order valence-electron chi connectivity index (χ1n) is 5.63. The molecule has 1 unspecified atom stereocenters. The van der Waals surface area contributed by atoms with Gasteiger partial charge in [-0.25, -0.2) is 12.7 Å². The van der Waals surface area contributed by atoms with Crippen LogP contribution < -0.4 is 0 Å². The van der Waals surface area contributed by atoms with Crippen molar-refractivity contribution in [3.63, 3.8) is 0 Å². The summed E-state index contributed by atoms with van der Waals surface area (Å²) >= 11 is 3.29. The topological polar surface area (TPSA) is 54.5 Å². The van der Waals surface area contributed by atoms with Crippen molar-refractivity contribution < 1.29 is 13.2 Å². The van der Waals surface area contributed by atoms with E-state index in [1.807, 2.05) is 6.92 Å². The highest BCUT2D eigenvalue weighted by molar-refractivity contribution is 9.09. The summed E-state index contributed by atoms with van der Waals surface area (Å²) in [6.45, 7) is 2.15. The molecule has 1 aromatic rings. The van der Waals surface area contributed by atoms with E-state index >= 15 is 0 Å². The van der Waals surface area contributed by atoms with Crippen molar-refractivity contribution in [3.05, 3.63) is 29.8 Å². The third-order valence-corrected chi connectivity index (χ3v) is 5.71. The van der Waals surface area contributed by atoms with Gasteiger partial charge >= 0.3 is 0 Å². The van der Waals surface area contributed by atoms with Crippen LogP contribution in [0.15, 0.2) is 29.2 Å². The molecule has 1 aliphatic rings. The van der Waals surface area contributed by atoms with Gasteiger partial charge in [0.05, 0.1) is 4.90 Å². The quantitative estimate of drug-likeness (QED) is 0.795. The molecule has 1 amide bonds. The summed E-state index contributed by atoms with van der Waals surface area (Å²) in [5, 5.41) is 0.638. The molecule has 1 atom stereocenters. The van der Waals surface area contributed by atoms with Crippen molar-refractivity contribution in [1.29, 1.82) is 0 Å². The Labute approximate surface area is 115 Å². The van der Waals surface area contributed by atoms with Gasteiger partial charge in [0, 0.05) is 18.3 Å². The number of carbonyl (C=O) groups is 1. The highest BCUT2D eigenvalue weighted by atomic mass is 79.9. The van der Waals surface area contributed by atoms with Gasteiger partial charge in [-0.3, -0.25) is 4.79 Å². The molecular weight excluding hydrogens is 318 g/mol. The predicted octanol–water partition coefficient (Wildman–Crippen LogP) is 1.93. The van der Waals surface area contributed by atoms with Crippen molar-refractivity contribution in [2.75, 3.05) is 11.9 Å². The van der Waals surface area contributed by atoms with E-state index in [9.17, 15) is 13.2 Å². The summed E-state index contributed by atoms with van der Waals surface area (Å²) in [4.78, 5) is 11.9. The first-order chi connectivity index (χ1) is 8.45. The fourth-order valence-electron chi connectivity index (χ4n) is 1.92. The molecule has 0 saturated carbocycles. The average Bonchev–Trinajstić information content (AvgIpc) is 2.72. The number of rotatable bonds is 3. The van der Waals surface area contributed by atoms with Crippen LogP contribution in [-0.2, 0) is 14.8 Å². The Bertz CT molecular complexity index is 553. The van der Waals surface area contributed by atoms with Gasteiger partial charge in [-0.1, -0.05) is 33.6 Å². The SMILES string of the molecule is Cc1ccc(S(=O)(=O)N2CC(CBr)CC2=O)cc1. The summed E-state index contributed by atoms with van der Waals surface area (Å²) in [5.41, 5.74) is 0.986. The summed E-state index contributed by atoms with van der Waals surface area (Å²) in [5.74, 6) is -0.252. The largest absolute Gasteiger partial charge is 0.274 e. The molecule has 1 saturated heterocycles. The molecule has 98 valence electrons. The molecule has 18 heavy (non-hydrogen) atoms. The van der Waals surface area contributed by atoms with Gasteiger partial charge in [0.25, 0.3) is 10.0 Å². The van der Waals surface area contributed by atoms with Gasteiger partial charge in [0.2, 0.25) is 5.91 Å². The molecular formula is C12H14BrNO3S. The van der Waals surface area contributed by atoms with Crippen LogP contribution in [0, 0.1) is 12.8 Å². The third-order valence-electron chi connectivity index (χ3n) is 2.99. The number of hydrogen-bond donors (Lipinski definition) is 0. The minimum atomic E-state index is -3.68. The second kappa shape index (κ2) is 5.01. The van der Waals surface area contributed by atoms with Crippen molar-refractivity contribution in [3.8, 4) is 0 Å². The lowest BCUT2D eigenvalue weighted by molar-refractivity contribution is -0.123. The maximum absolute atomic E-state index is 12.3. The summed E-state index contributed by atoms with van der Waals surface area (Å²) in [6, 6.07) is 6.55. The Kier molecular flexibility index (Phi) is 3.77. The van der Waals surface area contributed by atoms with Crippen molar-refractivity contribution in [2.45, 2.75) is 18.2 Å². The van der Waals surface area contributed by atoms with E-state index < -0.39 is 10.0 Å². The molecule has 0 N–H and O–H groups in total. The number of amides is 1. The molecule has 1 aliphatic heterocycles. The lowest BCUT2D eigenvalue weighted by atomic mass is 10.2. The van der Waals surface area contributed by atoms with Gasteiger partial charge in [-0.05, 0) is 25.0 Å². The zero-order chi connectivity index (χ0) is 13.3. The van der Waals surface area contributed by atoms with Crippen LogP contribution in [0.3, 0.4) is 0 Å². The number of carbonyl (C=O) groups excluding carboxylic acids is 1. The van der Waals surface area contributed by atoms with Gasteiger partial charge in [0.1, 0.15) is 0 Å². The Hall–Kier alpha value is -0.880. The lowest BCUT2D eigenvalue weighted by Gasteiger charge is -2.16. The molecule has 0 bridgehead atoms. The van der Waals surface area contributed by atoms with E-state index in [1.54, 1.807) is 24.3 Å². The molecule has 1 aromatic carbocycles. The molecule has 4 nitrogen and oxygen atoms in total. The highest BCUT2D eigenvalue weighted by Crippen LogP contribution is 2.26. The monoisotopic (exact) mass is 331 g/mol. The number of benzene rings is 1. The highest BCUT2D eigenvalue weighted by Gasteiger charge is 2.37. The molecule has 6 heteroatoms. The van der Waals surface area contributed by atoms with Crippen LogP contribution in [0.25, 0.3) is 0 Å². The van der Waals surface area contributed by atoms with Gasteiger partial charge in [-0.2, -0.15) is 0 Å². The third kappa shape index (κ3) is 2.44. The van der Waals surface area contributed by atoms with Gasteiger partial charge < -0.3 is 0 Å². The summed E-state index contributed by atoms with van der Waals surface area (Å²) < 4.78 is 25.6. The van der Waals surface area contributed by atoms with Crippen LogP contribution in [0.2, 0.25) is 0 Å².